The minimum atomic E-state index is -1.19. The molecule has 32 heavy (non-hydrogen) atoms. The maximum Gasteiger partial charge on any atom is 0.431 e. The summed E-state index contributed by atoms with van der Waals surface area (Å²) in [5.41, 5.74) is 3.53. The molecule has 2 rings (SSSR count). The van der Waals surface area contributed by atoms with Crippen LogP contribution >= 0.6 is 0 Å². The van der Waals surface area contributed by atoms with E-state index in [1.165, 1.54) is 6.92 Å². The summed E-state index contributed by atoms with van der Waals surface area (Å²) in [4.78, 5) is 52.0. The molecule has 10 heteroatoms. The Morgan fingerprint density at radius 3 is 2.12 bits per heavy atom. The molecule has 0 spiro atoms. The molecular weight excluding hydrogens is 418 g/mol. The Bertz CT molecular complexity index is 906. The van der Waals surface area contributed by atoms with Gasteiger partial charge in [0.25, 0.3) is 5.91 Å². The number of amides is 3. The molecule has 0 fully saturated rings. The summed E-state index contributed by atoms with van der Waals surface area (Å²) < 4.78 is 4.94. The first kappa shape index (κ1) is 24.4. The van der Waals surface area contributed by atoms with Gasteiger partial charge in [-0.25, -0.2) is 9.59 Å². The van der Waals surface area contributed by atoms with Gasteiger partial charge in [0, 0.05) is 6.42 Å². The summed E-state index contributed by atoms with van der Waals surface area (Å²) in [7, 11) is 0. The van der Waals surface area contributed by atoms with Crippen molar-refractivity contribution >= 4 is 23.9 Å². The maximum absolute atomic E-state index is 12.0. The second kappa shape index (κ2) is 12.7. The minimum Gasteiger partial charge on any atom is -0.480 e. The van der Waals surface area contributed by atoms with Crippen LogP contribution < -0.4 is 16.1 Å². The van der Waals surface area contributed by atoms with E-state index in [0.29, 0.717) is 0 Å². The van der Waals surface area contributed by atoms with Crippen molar-refractivity contribution in [3.05, 3.63) is 71.8 Å². The van der Waals surface area contributed by atoms with Crippen molar-refractivity contribution in [1.29, 1.82) is 0 Å². The van der Waals surface area contributed by atoms with Crippen LogP contribution in [0.5, 0.6) is 0 Å². The van der Waals surface area contributed by atoms with Gasteiger partial charge in [0.1, 0.15) is 12.6 Å². The van der Waals surface area contributed by atoms with E-state index in [2.05, 4.69) is 10.6 Å². The van der Waals surface area contributed by atoms with Crippen LogP contribution in [0.1, 0.15) is 18.1 Å². The normalized spacial score (nSPS) is 12.2. The molecule has 10 nitrogen and oxygen atoms in total. The molecule has 0 aliphatic carbocycles. The molecule has 170 valence electrons. The Kier molecular flexibility index (Phi) is 9.67. The first-order chi connectivity index (χ1) is 15.3. The van der Waals surface area contributed by atoms with Crippen LogP contribution in [-0.4, -0.2) is 47.7 Å². The third-order valence-electron chi connectivity index (χ3n) is 4.24. The molecule has 0 saturated carbocycles. The lowest BCUT2D eigenvalue weighted by Gasteiger charge is -2.16. The van der Waals surface area contributed by atoms with Crippen molar-refractivity contribution in [3.8, 4) is 0 Å². The zero-order valence-corrected chi connectivity index (χ0v) is 17.4. The van der Waals surface area contributed by atoms with Gasteiger partial charge < -0.3 is 20.5 Å². The molecule has 0 saturated heterocycles. The van der Waals surface area contributed by atoms with E-state index in [9.17, 15) is 24.3 Å². The largest absolute Gasteiger partial charge is 0.480 e. The molecule has 0 bridgehead atoms. The number of hydrogen-bond acceptors (Lipinski definition) is 6. The topological polar surface area (TPSA) is 143 Å². The van der Waals surface area contributed by atoms with Crippen LogP contribution in [0, 0.1) is 0 Å². The smallest absolute Gasteiger partial charge is 0.431 e. The number of rotatable bonds is 11. The molecule has 0 aliphatic rings. The molecule has 2 aromatic carbocycles. The van der Waals surface area contributed by atoms with Crippen LogP contribution in [0.25, 0.3) is 0 Å². The van der Waals surface area contributed by atoms with Crippen LogP contribution in [0.15, 0.2) is 60.7 Å². The number of carbonyl (C=O) groups is 4. The van der Waals surface area contributed by atoms with Crippen molar-refractivity contribution in [2.45, 2.75) is 32.1 Å². The molecule has 3 amide bonds. The zero-order valence-electron chi connectivity index (χ0n) is 17.4. The van der Waals surface area contributed by atoms with Gasteiger partial charge in [-0.3, -0.25) is 14.4 Å². The van der Waals surface area contributed by atoms with E-state index in [-0.39, 0.29) is 13.0 Å². The fraction of sp³-hybridized carbons (Fsp3) is 0.273. The molecule has 4 N–H and O–H groups in total. The third-order valence-corrected chi connectivity index (χ3v) is 4.24. The van der Waals surface area contributed by atoms with Gasteiger partial charge in [0.05, 0.1) is 6.54 Å². The van der Waals surface area contributed by atoms with Gasteiger partial charge in [-0.1, -0.05) is 60.7 Å². The first-order valence-corrected chi connectivity index (χ1v) is 9.81. The third kappa shape index (κ3) is 8.84. The summed E-state index contributed by atoms with van der Waals surface area (Å²) >= 11 is 0. The van der Waals surface area contributed by atoms with Gasteiger partial charge in [0.2, 0.25) is 5.91 Å². The van der Waals surface area contributed by atoms with Gasteiger partial charge in [-0.15, -0.1) is 0 Å². The van der Waals surface area contributed by atoms with Gasteiger partial charge in [-0.2, -0.15) is 5.48 Å². The second-order valence-corrected chi connectivity index (χ2v) is 6.79. The van der Waals surface area contributed by atoms with Crippen LogP contribution in [0.4, 0.5) is 4.79 Å². The first-order valence-electron chi connectivity index (χ1n) is 9.81. The lowest BCUT2D eigenvalue weighted by atomic mass is 10.1. The average Bonchev–Trinajstić information content (AvgIpc) is 2.80. The monoisotopic (exact) mass is 443 g/mol. The fourth-order valence-electron chi connectivity index (χ4n) is 2.55. The van der Waals surface area contributed by atoms with E-state index in [1.54, 1.807) is 54.6 Å². The minimum absolute atomic E-state index is 0.0322. The predicted octanol–water partition coefficient (Wildman–Crippen LogP) is 1.16. The summed E-state index contributed by atoms with van der Waals surface area (Å²) in [6.07, 6.45) is -1.90. The summed E-state index contributed by atoms with van der Waals surface area (Å²) in [5, 5.41) is 14.0. The average molecular weight is 443 g/mol. The van der Waals surface area contributed by atoms with Crippen molar-refractivity contribution in [2.24, 2.45) is 0 Å². The van der Waals surface area contributed by atoms with Crippen molar-refractivity contribution < 1.29 is 33.9 Å². The Morgan fingerprint density at radius 2 is 1.53 bits per heavy atom. The second-order valence-electron chi connectivity index (χ2n) is 6.79. The maximum atomic E-state index is 12.0. The summed E-state index contributed by atoms with van der Waals surface area (Å²) in [6, 6.07) is 16.7. The lowest BCUT2D eigenvalue weighted by molar-refractivity contribution is -0.142. The van der Waals surface area contributed by atoms with Gasteiger partial charge >= 0.3 is 12.1 Å². The highest BCUT2D eigenvalue weighted by Crippen LogP contribution is 2.04. The van der Waals surface area contributed by atoms with E-state index < -0.39 is 42.6 Å². The molecule has 0 aromatic heterocycles. The standard InChI is InChI=1S/C22H25N3O7/c1-15(32-25-22(30)31-14-17-10-6-3-7-11-17)20(27)23-13-19(26)24-18(21(28)29)12-16-8-4-2-5-9-16/h2-11,15,18H,12-14H2,1H3,(H,23,27)(H,24,26)(H,25,30)(H,28,29)/t15-,18-/m0/s1. The highest BCUT2D eigenvalue weighted by Gasteiger charge is 2.22. The van der Waals surface area contributed by atoms with Gasteiger partial charge in [-0.05, 0) is 18.1 Å². The number of nitrogens with one attached hydrogen (secondary N) is 3. The molecule has 0 radical (unpaired) electrons. The number of carboxylic acids is 1. The van der Waals surface area contributed by atoms with Crippen molar-refractivity contribution in [2.75, 3.05) is 6.54 Å². The highest BCUT2D eigenvalue weighted by molar-refractivity contribution is 5.89. The molecule has 2 atom stereocenters. The van der Waals surface area contributed by atoms with Crippen LogP contribution in [0.2, 0.25) is 0 Å². The Hall–Kier alpha value is -3.92. The SMILES string of the molecule is C[C@H](ONC(=O)OCc1ccccc1)C(=O)NCC(=O)N[C@@H](Cc1ccccc1)C(=O)O. The molecule has 2 aromatic rings. The van der Waals surface area contributed by atoms with Crippen LogP contribution in [-0.2, 0) is 37.0 Å². The van der Waals surface area contributed by atoms with E-state index in [4.69, 9.17) is 9.57 Å². The number of ether oxygens (including phenoxy) is 1. The van der Waals surface area contributed by atoms with Crippen molar-refractivity contribution in [1.82, 2.24) is 16.1 Å². The van der Waals surface area contributed by atoms with E-state index in [0.717, 1.165) is 11.1 Å². The molecule has 0 aliphatic heterocycles. The number of hydroxylamine groups is 1. The number of hydrogen-bond donors (Lipinski definition) is 4. The Balaban J connectivity index is 1.69. The Morgan fingerprint density at radius 1 is 0.938 bits per heavy atom. The lowest BCUT2D eigenvalue weighted by Crippen LogP contribution is -2.48. The van der Waals surface area contributed by atoms with E-state index >= 15 is 0 Å². The van der Waals surface area contributed by atoms with Gasteiger partial charge in [0.15, 0.2) is 6.10 Å². The van der Waals surface area contributed by atoms with Crippen molar-refractivity contribution in [3.63, 3.8) is 0 Å². The number of carbonyl (C=O) groups excluding carboxylic acids is 3. The quantitative estimate of drug-likeness (QED) is 0.382. The molecule has 0 unspecified atom stereocenters. The molecule has 0 heterocycles. The zero-order chi connectivity index (χ0) is 23.3. The van der Waals surface area contributed by atoms with E-state index in [1.807, 2.05) is 11.5 Å². The fourth-order valence-corrected chi connectivity index (χ4v) is 2.55. The predicted molar refractivity (Wildman–Crippen MR) is 113 cm³/mol. The summed E-state index contributed by atoms with van der Waals surface area (Å²) in [6.45, 7) is 0.939. The number of aliphatic carboxylic acids is 1. The molecular formula is C22H25N3O7. The number of carboxylic acid groups (broad SMARTS) is 1. The highest BCUT2D eigenvalue weighted by atomic mass is 16.7. The van der Waals surface area contributed by atoms with Crippen LogP contribution in [0.3, 0.4) is 0 Å². The summed E-state index contributed by atoms with van der Waals surface area (Å²) in [5.74, 6) is -2.55. The Labute approximate surface area is 184 Å². The number of benzene rings is 2.